The smallest absolute Gasteiger partial charge is 0.129 e. The molecule has 0 saturated carbocycles. The Kier molecular flexibility index (Phi) is 5.29. The van der Waals surface area contributed by atoms with E-state index < -0.39 is 0 Å². The van der Waals surface area contributed by atoms with Crippen molar-refractivity contribution in [3.05, 3.63) is 34.6 Å². The minimum Gasteiger partial charge on any atom is -0.392 e. The van der Waals surface area contributed by atoms with Gasteiger partial charge < -0.3 is 5.73 Å². The Balaban J connectivity index is 1.99. The van der Waals surface area contributed by atoms with Gasteiger partial charge in [0.15, 0.2) is 0 Å². The van der Waals surface area contributed by atoms with Crippen LogP contribution in [0.2, 0.25) is 5.02 Å². The van der Waals surface area contributed by atoms with Crippen LogP contribution in [0.4, 0.5) is 4.39 Å². The molecule has 0 atom stereocenters. The molecule has 1 heterocycles. The molecule has 1 aromatic rings. The maximum atomic E-state index is 13.8. The summed E-state index contributed by atoms with van der Waals surface area (Å²) in [7, 11) is 0. The Morgan fingerprint density at radius 1 is 1.50 bits per heavy atom. The third kappa shape index (κ3) is 3.45. The van der Waals surface area contributed by atoms with E-state index in [-0.39, 0.29) is 10.6 Å². The normalized spacial score (nSPS) is 18.9. The van der Waals surface area contributed by atoms with Crippen molar-refractivity contribution in [3.8, 4) is 0 Å². The van der Waals surface area contributed by atoms with Crippen LogP contribution >= 0.6 is 35.6 Å². The van der Waals surface area contributed by atoms with Gasteiger partial charge in [0, 0.05) is 30.2 Å². The van der Waals surface area contributed by atoms with Crippen molar-refractivity contribution < 1.29 is 4.39 Å². The zero-order chi connectivity index (χ0) is 14.8. The van der Waals surface area contributed by atoms with E-state index in [9.17, 15) is 4.39 Å². The number of piperidine rings is 1. The van der Waals surface area contributed by atoms with E-state index in [2.05, 4.69) is 4.90 Å². The molecule has 1 aliphatic heterocycles. The quantitative estimate of drug-likeness (QED) is 0.855. The first-order chi connectivity index (χ1) is 9.47. The summed E-state index contributed by atoms with van der Waals surface area (Å²) in [5, 5.41) is 0.430. The van der Waals surface area contributed by atoms with Crippen LogP contribution in [0, 0.1) is 5.82 Å². The topological polar surface area (TPSA) is 29.3 Å². The fourth-order valence-corrected chi connectivity index (χ4v) is 3.92. The Labute approximate surface area is 133 Å². The fourth-order valence-electron chi connectivity index (χ4n) is 2.51. The Morgan fingerprint density at radius 2 is 2.15 bits per heavy atom. The van der Waals surface area contributed by atoms with Gasteiger partial charge in [-0.15, -0.1) is 0 Å². The number of thiocarbonyl (C=S) groups is 1. The van der Waals surface area contributed by atoms with Crippen LogP contribution in [-0.4, -0.2) is 34.0 Å². The molecule has 0 amide bonds. The van der Waals surface area contributed by atoms with Crippen molar-refractivity contribution in [2.24, 2.45) is 5.73 Å². The highest BCUT2D eigenvalue weighted by atomic mass is 35.5. The largest absolute Gasteiger partial charge is 0.392 e. The summed E-state index contributed by atoms with van der Waals surface area (Å²) >= 11 is 12.7. The number of nitrogens with zero attached hydrogens (tertiary/aromatic N) is 1. The second-order valence-electron chi connectivity index (χ2n) is 5.07. The summed E-state index contributed by atoms with van der Waals surface area (Å²) in [5.74, 6) is -0.242. The third-order valence-electron chi connectivity index (χ3n) is 3.91. The van der Waals surface area contributed by atoms with E-state index in [0.29, 0.717) is 22.1 Å². The van der Waals surface area contributed by atoms with Crippen LogP contribution in [0.1, 0.15) is 18.4 Å². The summed E-state index contributed by atoms with van der Waals surface area (Å²) in [6, 6.07) is 4.84. The van der Waals surface area contributed by atoms with Gasteiger partial charge in [0.25, 0.3) is 0 Å². The van der Waals surface area contributed by atoms with Gasteiger partial charge in [-0.2, -0.15) is 11.8 Å². The fraction of sp³-hybridized carbons (Fsp3) is 0.500. The molecule has 2 nitrogen and oxygen atoms in total. The van der Waals surface area contributed by atoms with Gasteiger partial charge in [0.1, 0.15) is 5.82 Å². The maximum Gasteiger partial charge on any atom is 0.129 e. The molecular formula is C14H18ClFN2S2. The molecule has 1 aromatic carbocycles. The molecule has 20 heavy (non-hydrogen) atoms. The number of likely N-dealkylation sites (tertiary alicyclic amines) is 1. The lowest BCUT2D eigenvalue weighted by molar-refractivity contribution is 0.210. The molecule has 0 spiro atoms. The van der Waals surface area contributed by atoms with Gasteiger partial charge in [-0.25, -0.2) is 4.39 Å². The van der Waals surface area contributed by atoms with Gasteiger partial charge in [-0.1, -0.05) is 29.9 Å². The van der Waals surface area contributed by atoms with E-state index in [1.165, 1.54) is 6.07 Å². The molecule has 2 rings (SSSR count). The molecule has 1 fully saturated rings. The van der Waals surface area contributed by atoms with Gasteiger partial charge in [0.2, 0.25) is 0 Å². The molecule has 0 bridgehead atoms. The zero-order valence-corrected chi connectivity index (χ0v) is 13.8. The van der Waals surface area contributed by atoms with E-state index >= 15 is 0 Å². The van der Waals surface area contributed by atoms with Crippen LogP contribution in [0.15, 0.2) is 18.2 Å². The van der Waals surface area contributed by atoms with Crippen molar-refractivity contribution in [1.82, 2.24) is 4.90 Å². The third-order valence-corrected chi connectivity index (χ3v) is 6.08. The number of rotatable bonds is 4. The lowest BCUT2D eigenvalue weighted by atomic mass is 9.95. The SMILES string of the molecule is CSC1(C(N)=S)CCN(Cc2ccc(Cl)cc2F)CC1. The second kappa shape index (κ2) is 6.60. The van der Waals surface area contributed by atoms with E-state index in [0.717, 1.165) is 25.9 Å². The average Bonchev–Trinajstić information content (AvgIpc) is 2.42. The Morgan fingerprint density at radius 3 is 2.65 bits per heavy atom. The van der Waals surface area contributed by atoms with E-state index in [1.807, 2.05) is 6.26 Å². The zero-order valence-electron chi connectivity index (χ0n) is 11.4. The first kappa shape index (κ1) is 16.0. The molecule has 0 radical (unpaired) electrons. The van der Waals surface area contributed by atoms with Crippen molar-refractivity contribution in [3.63, 3.8) is 0 Å². The standard InChI is InChI=1S/C14H18ClFN2S2/c1-20-14(13(17)19)4-6-18(7-5-14)9-10-2-3-11(15)8-12(10)16/h2-3,8H,4-7,9H2,1H3,(H2,17,19). The lowest BCUT2D eigenvalue weighted by Gasteiger charge is -2.40. The molecular weight excluding hydrogens is 315 g/mol. The van der Waals surface area contributed by atoms with Crippen LogP contribution in [0.5, 0.6) is 0 Å². The summed E-state index contributed by atoms with van der Waals surface area (Å²) in [6.07, 6.45) is 3.88. The molecule has 1 saturated heterocycles. The highest BCUT2D eigenvalue weighted by Crippen LogP contribution is 2.35. The first-order valence-corrected chi connectivity index (χ1v) is 8.49. The summed E-state index contributed by atoms with van der Waals surface area (Å²) in [5.41, 5.74) is 6.55. The minimum atomic E-state index is -0.242. The monoisotopic (exact) mass is 332 g/mol. The van der Waals surface area contributed by atoms with Gasteiger partial charge in [-0.3, -0.25) is 4.90 Å². The van der Waals surface area contributed by atoms with E-state index in [4.69, 9.17) is 29.6 Å². The number of halogens is 2. The molecule has 1 aliphatic rings. The number of hydrogen-bond acceptors (Lipinski definition) is 3. The molecule has 110 valence electrons. The molecule has 0 unspecified atom stereocenters. The van der Waals surface area contributed by atoms with Gasteiger partial charge in [-0.05, 0) is 31.2 Å². The van der Waals surface area contributed by atoms with Gasteiger partial charge >= 0.3 is 0 Å². The molecule has 0 aliphatic carbocycles. The van der Waals surface area contributed by atoms with Crippen molar-refractivity contribution in [1.29, 1.82) is 0 Å². The van der Waals surface area contributed by atoms with Crippen LogP contribution in [0.3, 0.4) is 0 Å². The number of hydrogen-bond donors (Lipinski definition) is 1. The van der Waals surface area contributed by atoms with Crippen molar-refractivity contribution in [2.45, 2.75) is 24.1 Å². The summed E-state index contributed by atoms with van der Waals surface area (Å²) in [4.78, 5) is 2.82. The molecule has 2 N–H and O–H groups in total. The highest BCUT2D eigenvalue weighted by Gasteiger charge is 2.36. The van der Waals surface area contributed by atoms with E-state index in [1.54, 1.807) is 23.9 Å². The Bertz CT molecular complexity index is 502. The van der Waals surface area contributed by atoms with Crippen LogP contribution < -0.4 is 5.73 Å². The predicted molar refractivity (Wildman–Crippen MR) is 89.0 cm³/mol. The highest BCUT2D eigenvalue weighted by molar-refractivity contribution is 8.02. The summed E-state index contributed by atoms with van der Waals surface area (Å²) in [6.45, 7) is 2.35. The number of nitrogens with two attached hydrogens (primary N) is 1. The number of thioether (sulfide) groups is 1. The van der Waals surface area contributed by atoms with Crippen LogP contribution in [0.25, 0.3) is 0 Å². The minimum absolute atomic E-state index is 0.0929. The maximum absolute atomic E-state index is 13.8. The molecule has 0 aromatic heterocycles. The van der Waals surface area contributed by atoms with Gasteiger partial charge in [0.05, 0.1) is 9.74 Å². The predicted octanol–water partition coefficient (Wildman–Crippen LogP) is 3.46. The Hall–Kier alpha value is -0.360. The summed E-state index contributed by atoms with van der Waals surface area (Å²) < 4.78 is 13.7. The van der Waals surface area contributed by atoms with Crippen LogP contribution in [-0.2, 0) is 6.54 Å². The average molecular weight is 333 g/mol. The number of benzene rings is 1. The first-order valence-electron chi connectivity index (χ1n) is 6.48. The lowest BCUT2D eigenvalue weighted by Crippen LogP contribution is -2.49. The van der Waals surface area contributed by atoms with Crippen molar-refractivity contribution in [2.75, 3.05) is 19.3 Å². The second-order valence-corrected chi connectivity index (χ2v) is 7.14. The van der Waals surface area contributed by atoms with Crippen molar-refractivity contribution >= 4 is 40.6 Å². The molecule has 6 heteroatoms.